The van der Waals surface area contributed by atoms with E-state index in [2.05, 4.69) is 4.98 Å². The topological polar surface area (TPSA) is 48.4 Å². The van der Waals surface area contributed by atoms with E-state index in [1.165, 1.54) is 0 Å². The van der Waals surface area contributed by atoms with E-state index in [0.717, 1.165) is 22.1 Å². The molecule has 0 spiro atoms. The molecule has 0 aliphatic carbocycles. The molecule has 1 aromatic heterocycles. The first-order chi connectivity index (χ1) is 13.7. The van der Waals surface area contributed by atoms with Crippen LogP contribution in [-0.2, 0) is 0 Å². The number of aromatic nitrogens is 1. The smallest absolute Gasteiger partial charge is 0.195 e. The average Bonchev–Trinajstić information content (AvgIpc) is 2.78. The number of fused-ring (bicyclic) bond motifs is 1. The van der Waals surface area contributed by atoms with Crippen molar-refractivity contribution in [3.8, 4) is 22.8 Å². The maximum absolute atomic E-state index is 13.5. The van der Waals surface area contributed by atoms with Crippen LogP contribution in [-0.4, -0.2) is 25.0 Å². The fraction of sp³-hybridized carbons (Fsp3) is 0.0833. The van der Waals surface area contributed by atoms with Crippen LogP contribution in [0.1, 0.15) is 15.9 Å². The molecule has 1 heterocycles. The molecule has 0 aliphatic rings. The Morgan fingerprint density at radius 1 is 0.786 bits per heavy atom. The summed E-state index contributed by atoms with van der Waals surface area (Å²) in [5.74, 6) is 1.40. The molecule has 3 aromatic carbocycles. The first-order valence-corrected chi connectivity index (χ1v) is 8.92. The minimum atomic E-state index is -0.0715. The fourth-order valence-corrected chi connectivity index (χ4v) is 3.25. The highest BCUT2D eigenvalue weighted by molar-refractivity contribution is 6.19. The second kappa shape index (κ2) is 7.53. The van der Waals surface area contributed by atoms with Gasteiger partial charge in [-0.2, -0.15) is 0 Å². The summed E-state index contributed by atoms with van der Waals surface area (Å²) in [6.45, 7) is 0. The molecule has 0 radical (unpaired) electrons. The summed E-state index contributed by atoms with van der Waals surface area (Å²) in [6.07, 6.45) is 1.81. The average molecular weight is 369 g/mol. The summed E-state index contributed by atoms with van der Waals surface area (Å²) in [7, 11) is 3.23. The van der Waals surface area contributed by atoms with Crippen molar-refractivity contribution in [3.05, 3.63) is 90.1 Å². The zero-order chi connectivity index (χ0) is 19.5. The van der Waals surface area contributed by atoms with E-state index in [1.54, 1.807) is 44.7 Å². The fourth-order valence-electron chi connectivity index (χ4n) is 3.25. The van der Waals surface area contributed by atoms with Crippen molar-refractivity contribution in [2.24, 2.45) is 0 Å². The number of ether oxygens (including phenoxy) is 2. The number of pyridine rings is 1. The molecule has 138 valence electrons. The van der Waals surface area contributed by atoms with Crippen LogP contribution in [0.25, 0.3) is 22.0 Å². The van der Waals surface area contributed by atoms with Crippen LogP contribution in [0.3, 0.4) is 0 Å². The molecule has 0 bridgehead atoms. The van der Waals surface area contributed by atoms with Gasteiger partial charge in [-0.1, -0.05) is 24.3 Å². The number of ketones is 1. The molecule has 0 atom stereocenters. The van der Waals surface area contributed by atoms with Crippen molar-refractivity contribution >= 4 is 16.6 Å². The lowest BCUT2D eigenvalue weighted by Gasteiger charge is -2.13. The van der Waals surface area contributed by atoms with Gasteiger partial charge in [0.2, 0.25) is 0 Å². The Morgan fingerprint density at radius 2 is 1.39 bits per heavy atom. The van der Waals surface area contributed by atoms with Crippen molar-refractivity contribution in [2.75, 3.05) is 14.2 Å². The molecule has 0 unspecified atom stereocenters. The Labute approximate surface area is 163 Å². The minimum absolute atomic E-state index is 0.0715. The van der Waals surface area contributed by atoms with Crippen LogP contribution in [0, 0.1) is 0 Å². The molecule has 4 nitrogen and oxygen atoms in total. The van der Waals surface area contributed by atoms with E-state index in [4.69, 9.17) is 9.47 Å². The second-order valence-corrected chi connectivity index (χ2v) is 6.36. The van der Waals surface area contributed by atoms with Crippen molar-refractivity contribution in [1.29, 1.82) is 0 Å². The zero-order valence-corrected chi connectivity index (χ0v) is 15.7. The molecular formula is C24H19NO3. The summed E-state index contributed by atoms with van der Waals surface area (Å²) >= 11 is 0. The molecule has 4 heteroatoms. The predicted molar refractivity (Wildman–Crippen MR) is 110 cm³/mol. The third-order valence-corrected chi connectivity index (χ3v) is 4.74. The van der Waals surface area contributed by atoms with Crippen LogP contribution in [0.2, 0.25) is 0 Å². The number of hydrogen-bond acceptors (Lipinski definition) is 4. The lowest BCUT2D eigenvalue weighted by atomic mass is 9.93. The van der Waals surface area contributed by atoms with E-state index < -0.39 is 0 Å². The first kappa shape index (κ1) is 17.7. The highest BCUT2D eigenvalue weighted by atomic mass is 16.5. The van der Waals surface area contributed by atoms with Gasteiger partial charge < -0.3 is 9.47 Å². The van der Waals surface area contributed by atoms with E-state index >= 15 is 0 Å². The summed E-state index contributed by atoms with van der Waals surface area (Å²) < 4.78 is 10.4. The molecule has 0 N–H and O–H groups in total. The van der Waals surface area contributed by atoms with Crippen molar-refractivity contribution in [3.63, 3.8) is 0 Å². The van der Waals surface area contributed by atoms with Crippen LogP contribution in [0.4, 0.5) is 0 Å². The van der Waals surface area contributed by atoms with Gasteiger partial charge in [-0.25, -0.2) is 0 Å². The van der Waals surface area contributed by atoms with Crippen molar-refractivity contribution in [1.82, 2.24) is 4.98 Å². The number of methoxy groups -OCH3 is 2. The predicted octanol–water partition coefficient (Wildman–Crippen LogP) is 5.15. The molecule has 0 fully saturated rings. The van der Waals surface area contributed by atoms with Gasteiger partial charge >= 0.3 is 0 Å². The zero-order valence-electron chi connectivity index (χ0n) is 15.7. The summed E-state index contributed by atoms with van der Waals surface area (Å²) in [6, 6.07) is 22.5. The number of rotatable bonds is 5. The molecule has 0 aliphatic heterocycles. The highest BCUT2D eigenvalue weighted by Crippen LogP contribution is 2.31. The number of nitrogens with zero attached hydrogens (tertiary/aromatic N) is 1. The lowest BCUT2D eigenvalue weighted by Crippen LogP contribution is -2.06. The van der Waals surface area contributed by atoms with Gasteiger partial charge in [0, 0.05) is 22.7 Å². The van der Waals surface area contributed by atoms with Gasteiger partial charge in [0.1, 0.15) is 11.5 Å². The Balaban J connectivity index is 1.91. The first-order valence-electron chi connectivity index (χ1n) is 8.92. The normalized spacial score (nSPS) is 10.6. The van der Waals surface area contributed by atoms with Gasteiger partial charge in [-0.3, -0.25) is 9.78 Å². The SMILES string of the molecule is COc1ccc(C(=O)c2c(-c3ccc(OC)cc3)ncc3ccccc23)cc1. The van der Waals surface area contributed by atoms with E-state index in [1.807, 2.05) is 48.5 Å². The molecule has 4 aromatic rings. The van der Waals surface area contributed by atoms with E-state index in [9.17, 15) is 4.79 Å². The van der Waals surface area contributed by atoms with Crippen molar-refractivity contribution in [2.45, 2.75) is 0 Å². The van der Waals surface area contributed by atoms with Crippen LogP contribution < -0.4 is 9.47 Å². The van der Waals surface area contributed by atoms with Gasteiger partial charge in [0.05, 0.1) is 25.5 Å². The highest BCUT2D eigenvalue weighted by Gasteiger charge is 2.19. The molecule has 28 heavy (non-hydrogen) atoms. The summed E-state index contributed by atoms with van der Waals surface area (Å²) in [5, 5.41) is 1.81. The molecule has 0 saturated heterocycles. The lowest BCUT2D eigenvalue weighted by molar-refractivity contribution is 0.104. The largest absolute Gasteiger partial charge is 0.497 e. The second-order valence-electron chi connectivity index (χ2n) is 6.36. The van der Waals surface area contributed by atoms with Crippen LogP contribution >= 0.6 is 0 Å². The monoisotopic (exact) mass is 369 g/mol. The standard InChI is InChI=1S/C24H19NO3/c1-27-19-11-7-16(8-12-19)23-22(21-6-4-3-5-18(21)15-25-23)24(26)17-9-13-20(28-2)14-10-17/h3-15H,1-2H3. The van der Waals surface area contributed by atoms with Crippen LogP contribution in [0.15, 0.2) is 79.0 Å². The Bertz CT molecular complexity index is 1130. The summed E-state index contributed by atoms with van der Waals surface area (Å²) in [5.41, 5.74) is 2.70. The molecular weight excluding hydrogens is 350 g/mol. The van der Waals surface area contributed by atoms with Gasteiger partial charge in [-0.05, 0) is 53.9 Å². The summed E-state index contributed by atoms with van der Waals surface area (Å²) in [4.78, 5) is 18.1. The van der Waals surface area contributed by atoms with E-state index in [0.29, 0.717) is 22.6 Å². The van der Waals surface area contributed by atoms with E-state index in [-0.39, 0.29) is 5.78 Å². The maximum atomic E-state index is 13.5. The molecule has 0 amide bonds. The number of benzene rings is 3. The number of hydrogen-bond donors (Lipinski definition) is 0. The number of carbonyl (C=O) groups excluding carboxylic acids is 1. The number of carbonyl (C=O) groups is 1. The third-order valence-electron chi connectivity index (χ3n) is 4.74. The molecule has 0 saturated carbocycles. The maximum Gasteiger partial charge on any atom is 0.195 e. The Hall–Kier alpha value is -3.66. The Kier molecular flexibility index (Phi) is 4.77. The van der Waals surface area contributed by atoms with Gasteiger partial charge in [0.15, 0.2) is 5.78 Å². The minimum Gasteiger partial charge on any atom is -0.497 e. The quantitative estimate of drug-likeness (QED) is 0.457. The van der Waals surface area contributed by atoms with Crippen LogP contribution in [0.5, 0.6) is 11.5 Å². The molecule has 4 rings (SSSR count). The Morgan fingerprint density at radius 3 is 2.04 bits per heavy atom. The third kappa shape index (κ3) is 3.21. The van der Waals surface area contributed by atoms with Gasteiger partial charge in [0.25, 0.3) is 0 Å². The van der Waals surface area contributed by atoms with Crippen molar-refractivity contribution < 1.29 is 14.3 Å². The van der Waals surface area contributed by atoms with Gasteiger partial charge in [-0.15, -0.1) is 0 Å².